The quantitative estimate of drug-likeness (QED) is 0.796. The molecular weight excluding hydrogens is 195 g/mol. The van der Waals surface area contributed by atoms with Crippen molar-refractivity contribution < 1.29 is 9.50 Å². The second kappa shape index (κ2) is 4.68. The van der Waals surface area contributed by atoms with Crippen molar-refractivity contribution in [2.45, 2.75) is 25.5 Å². The van der Waals surface area contributed by atoms with Gasteiger partial charge in [0.05, 0.1) is 12.3 Å². The minimum absolute atomic E-state index is 0.236. The fourth-order valence-electron chi connectivity index (χ4n) is 1.98. The first kappa shape index (κ1) is 10.5. The lowest BCUT2D eigenvalue weighted by Gasteiger charge is -2.29. The van der Waals surface area contributed by atoms with E-state index in [1.54, 1.807) is 6.20 Å². The summed E-state index contributed by atoms with van der Waals surface area (Å²) in [4.78, 5) is 5.93. The van der Waals surface area contributed by atoms with Crippen LogP contribution in [0.15, 0.2) is 18.5 Å². The van der Waals surface area contributed by atoms with E-state index < -0.39 is 0 Å². The Morgan fingerprint density at radius 3 is 3.13 bits per heavy atom. The Morgan fingerprint density at radius 1 is 1.53 bits per heavy atom. The summed E-state index contributed by atoms with van der Waals surface area (Å²) in [5.41, 5.74) is 0.865. The lowest BCUT2D eigenvalue weighted by Crippen LogP contribution is -2.37. The van der Waals surface area contributed by atoms with E-state index in [-0.39, 0.29) is 11.9 Å². The van der Waals surface area contributed by atoms with Gasteiger partial charge in [-0.05, 0) is 31.0 Å². The van der Waals surface area contributed by atoms with Gasteiger partial charge in [0.15, 0.2) is 0 Å². The van der Waals surface area contributed by atoms with Crippen LogP contribution in [0.2, 0.25) is 0 Å². The second-order valence-corrected chi connectivity index (χ2v) is 4.04. The highest BCUT2D eigenvalue weighted by atomic mass is 19.1. The molecule has 1 fully saturated rings. The van der Waals surface area contributed by atoms with E-state index in [9.17, 15) is 9.50 Å². The standard InChI is InChI=1S/C11H15FN2O/c12-10-4-9(5-13-6-10)7-14-3-1-2-11(15)8-14/h4-6,11,15H,1-3,7-8H2. The fourth-order valence-corrected chi connectivity index (χ4v) is 1.98. The van der Waals surface area contributed by atoms with Gasteiger partial charge < -0.3 is 5.11 Å². The molecule has 82 valence electrons. The number of β-amino-alcohol motifs (C(OH)–C–C–N with tert-alkyl or cyclic N) is 1. The zero-order valence-corrected chi connectivity index (χ0v) is 8.56. The highest BCUT2D eigenvalue weighted by Gasteiger charge is 2.17. The van der Waals surface area contributed by atoms with Gasteiger partial charge in [-0.2, -0.15) is 0 Å². The van der Waals surface area contributed by atoms with Crippen LogP contribution in [0.1, 0.15) is 18.4 Å². The summed E-state index contributed by atoms with van der Waals surface area (Å²) >= 11 is 0. The van der Waals surface area contributed by atoms with Crippen molar-refractivity contribution in [3.8, 4) is 0 Å². The molecule has 0 aromatic carbocycles. The molecule has 0 aliphatic carbocycles. The lowest BCUT2D eigenvalue weighted by molar-refractivity contribution is 0.0667. The van der Waals surface area contributed by atoms with Crippen LogP contribution in [0.5, 0.6) is 0 Å². The summed E-state index contributed by atoms with van der Waals surface area (Å²) < 4.78 is 12.9. The summed E-state index contributed by atoms with van der Waals surface area (Å²) in [5.74, 6) is -0.301. The molecule has 1 saturated heterocycles. The average molecular weight is 210 g/mol. The maximum absolute atomic E-state index is 12.9. The van der Waals surface area contributed by atoms with Gasteiger partial charge in [-0.25, -0.2) is 4.39 Å². The number of hydrogen-bond acceptors (Lipinski definition) is 3. The number of aliphatic hydroxyl groups is 1. The molecule has 0 saturated carbocycles. The van der Waals surface area contributed by atoms with E-state index >= 15 is 0 Å². The second-order valence-electron chi connectivity index (χ2n) is 4.04. The molecule has 1 aromatic rings. The van der Waals surface area contributed by atoms with Gasteiger partial charge in [-0.3, -0.25) is 9.88 Å². The molecular formula is C11H15FN2O. The summed E-state index contributed by atoms with van der Waals surface area (Å²) in [6.07, 6.45) is 4.51. The van der Waals surface area contributed by atoms with Crippen LogP contribution < -0.4 is 0 Å². The van der Waals surface area contributed by atoms with Gasteiger partial charge in [-0.1, -0.05) is 0 Å². The third-order valence-corrected chi connectivity index (χ3v) is 2.65. The van der Waals surface area contributed by atoms with E-state index in [0.29, 0.717) is 13.1 Å². The highest BCUT2D eigenvalue weighted by molar-refractivity contribution is 5.10. The zero-order valence-electron chi connectivity index (χ0n) is 8.56. The Bertz CT molecular complexity index is 332. The number of likely N-dealkylation sites (tertiary alicyclic amines) is 1. The van der Waals surface area contributed by atoms with E-state index in [4.69, 9.17) is 0 Å². The topological polar surface area (TPSA) is 36.4 Å². The molecule has 1 aliphatic rings. The molecule has 2 heterocycles. The van der Waals surface area contributed by atoms with Gasteiger partial charge in [0.25, 0.3) is 0 Å². The minimum Gasteiger partial charge on any atom is -0.392 e. The van der Waals surface area contributed by atoms with Crippen LogP contribution >= 0.6 is 0 Å². The largest absolute Gasteiger partial charge is 0.392 e. The number of aliphatic hydroxyl groups excluding tert-OH is 1. The van der Waals surface area contributed by atoms with E-state index in [2.05, 4.69) is 9.88 Å². The number of pyridine rings is 1. The van der Waals surface area contributed by atoms with Crippen LogP contribution in [0.3, 0.4) is 0 Å². The van der Waals surface area contributed by atoms with E-state index in [0.717, 1.165) is 24.9 Å². The van der Waals surface area contributed by atoms with Gasteiger partial charge in [0.2, 0.25) is 0 Å². The molecule has 0 radical (unpaired) electrons. The Morgan fingerprint density at radius 2 is 2.40 bits per heavy atom. The van der Waals surface area contributed by atoms with Gasteiger partial charge in [0, 0.05) is 19.3 Å². The van der Waals surface area contributed by atoms with Crippen molar-refractivity contribution in [3.05, 3.63) is 29.8 Å². The van der Waals surface area contributed by atoms with E-state index in [1.165, 1.54) is 12.3 Å². The number of rotatable bonds is 2. The monoisotopic (exact) mass is 210 g/mol. The van der Waals surface area contributed by atoms with Crippen LogP contribution in [-0.4, -0.2) is 34.2 Å². The van der Waals surface area contributed by atoms with Crippen LogP contribution in [0, 0.1) is 5.82 Å². The van der Waals surface area contributed by atoms with Crippen LogP contribution in [-0.2, 0) is 6.54 Å². The lowest BCUT2D eigenvalue weighted by atomic mass is 10.1. The maximum atomic E-state index is 12.9. The van der Waals surface area contributed by atoms with Crippen molar-refractivity contribution in [1.29, 1.82) is 0 Å². The minimum atomic E-state index is -0.301. The molecule has 15 heavy (non-hydrogen) atoms. The first-order valence-electron chi connectivity index (χ1n) is 5.24. The Kier molecular flexibility index (Phi) is 3.28. The molecule has 3 nitrogen and oxygen atoms in total. The molecule has 1 N–H and O–H groups in total. The molecule has 0 bridgehead atoms. The SMILES string of the molecule is OC1CCCN(Cc2cncc(F)c2)C1. The van der Waals surface area contributed by atoms with E-state index in [1.807, 2.05) is 0 Å². The Balaban J connectivity index is 1.96. The summed E-state index contributed by atoms with van der Waals surface area (Å²) in [6, 6.07) is 1.49. The normalized spacial score (nSPS) is 22.9. The van der Waals surface area contributed by atoms with Gasteiger partial charge in [0.1, 0.15) is 5.82 Å². The third-order valence-electron chi connectivity index (χ3n) is 2.65. The van der Waals surface area contributed by atoms with Crippen molar-refractivity contribution in [2.75, 3.05) is 13.1 Å². The summed E-state index contributed by atoms with van der Waals surface area (Å²) in [7, 11) is 0. The first-order valence-corrected chi connectivity index (χ1v) is 5.24. The molecule has 1 aliphatic heterocycles. The first-order chi connectivity index (χ1) is 7.24. The number of nitrogens with zero attached hydrogens (tertiary/aromatic N) is 2. The molecule has 4 heteroatoms. The number of piperidine rings is 1. The third kappa shape index (κ3) is 2.97. The zero-order chi connectivity index (χ0) is 10.7. The van der Waals surface area contributed by atoms with Crippen LogP contribution in [0.25, 0.3) is 0 Å². The molecule has 0 amide bonds. The number of aromatic nitrogens is 1. The fraction of sp³-hybridized carbons (Fsp3) is 0.545. The molecule has 1 unspecified atom stereocenters. The predicted molar refractivity (Wildman–Crippen MR) is 54.7 cm³/mol. The highest BCUT2D eigenvalue weighted by Crippen LogP contribution is 2.13. The van der Waals surface area contributed by atoms with Crippen molar-refractivity contribution in [1.82, 2.24) is 9.88 Å². The Labute approximate surface area is 88.6 Å². The maximum Gasteiger partial charge on any atom is 0.141 e. The molecule has 0 spiro atoms. The van der Waals surface area contributed by atoms with Gasteiger partial charge >= 0.3 is 0 Å². The molecule has 1 aromatic heterocycles. The number of hydrogen-bond donors (Lipinski definition) is 1. The summed E-state index contributed by atoms with van der Waals surface area (Å²) in [6.45, 7) is 2.31. The van der Waals surface area contributed by atoms with Crippen LogP contribution in [0.4, 0.5) is 4.39 Å². The van der Waals surface area contributed by atoms with Crippen molar-refractivity contribution in [2.24, 2.45) is 0 Å². The Hall–Kier alpha value is -1.00. The smallest absolute Gasteiger partial charge is 0.141 e. The average Bonchev–Trinajstić information content (AvgIpc) is 2.17. The van der Waals surface area contributed by atoms with Gasteiger partial charge in [-0.15, -0.1) is 0 Å². The van der Waals surface area contributed by atoms with Crippen molar-refractivity contribution >= 4 is 0 Å². The van der Waals surface area contributed by atoms with Crippen molar-refractivity contribution in [3.63, 3.8) is 0 Å². The predicted octanol–water partition coefficient (Wildman–Crippen LogP) is 1.18. The number of halogens is 1. The molecule has 1 atom stereocenters. The molecule has 2 rings (SSSR count). The summed E-state index contributed by atoms with van der Waals surface area (Å²) in [5, 5.41) is 9.48.